The van der Waals surface area contributed by atoms with E-state index in [0.717, 1.165) is 0 Å². The van der Waals surface area contributed by atoms with Gasteiger partial charge in [0.05, 0.1) is 11.3 Å². The van der Waals surface area contributed by atoms with Crippen molar-refractivity contribution in [1.29, 1.82) is 0 Å². The third-order valence-corrected chi connectivity index (χ3v) is 4.00. The Morgan fingerprint density at radius 1 is 0.955 bits per heavy atom. The molecule has 4 nitrogen and oxygen atoms in total. The Hall–Kier alpha value is -2.59. The van der Waals surface area contributed by atoms with Gasteiger partial charge in [0, 0.05) is 15.8 Å². The number of halogens is 1. The summed E-state index contributed by atoms with van der Waals surface area (Å²) in [4.78, 5) is 25.0. The molecule has 0 saturated heterocycles. The molecular weight excluding hydrogens is 302 g/mol. The number of hydrogen-bond acceptors (Lipinski definition) is 3. The van der Waals surface area contributed by atoms with E-state index in [1.807, 2.05) is 0 Å². The first kappa shape index (κ1) is 13.1. The maximum absolute atomic E-state index is 12.8. The van der Waals surface area contributed by atoms with Gasteiger partial charge in [-0.2, -0.15) is 0 Å². The van der Waals surface area contributed by atoms with Crippen molar-refractivity contribution in [3.05, 3.63) is 69.5 Å². The lowest BCUT2D eigenvalue weighted by Gasteiger charge is -2.13. The summed E-state index contributed by atoms with van der Waals surface area (Å²) in [5, 5.41) is 1.71. The van der Waals surface area contributed by atoms with Crippen LogP contribution in [0.15, 0.2) is 53.3 Å². The van der Waals surface area contributed by atoms with Gasteiger partial charge in [0.25, 0.3) is 5.56 Å². The molecule has 4 rings (SSSR count). The molecule has 1 aliphatic heterocycles. The zero-order valence-electron chi connectivity index (χ0n) is 11.4. The number of benzene rings is 2. The molecule has 0 saturated carbocycles. The van der Waals surface area contributed by atoms with Crippen LogP contribution in [-0.2, 0) is 0 Å². The molecule has 5 heteroatoms. The van der Waals surface area contributed by atoms with E-state index in [0.29, 0.717) is 32.9 Å². The van der Waals surface area contributed by atoms with Crippen molar-refractivity contribution in [3.8, 4) is 11.6 Å². The van der Waals surface area contributed by atoms with E-state index in [9.17, 15) is 9.59 Å². The minimum atomic E-state index is -0.216. The normalized spacial score (nSPS) is 13.2. The number of ketones is 1. The number of hydrogen-bond donors (Lipinski definition) is 0. The second-order valence-corrected chi connectivity index (χ2v) is 5.49. The maximum Gasteiger partial charge on any atom is 0.265 e. The minimum absolute atomic E-state index is 0.0453. The zero-order chi connectivity index (χ0) is 15.3. The van der Waals surface area contributed by atoms with Gasteiger partial charge in [-0.15, -0.1) is 0 Å². The van der Waals surface area contributed by atoms with Crippen molar-refractivity contribution in [2.75, 3.05) is 6.61 Å². The second-order valence-electron chi connectivity index (χ2n) is 5.05. The van der Waals surface area contributed by atoms with Crippen LogP contribution in [0.2, 0.25) is 5.02 Å². The molecule has 22 heavy (non-hydrogen) atoms. The second kappa shape index (κ2) is 4.71. The lowest BCUT2D eigenvalue weighted by atomic mass is 10.0. The van der Waals surface area contributed by atoms with Crippen molar-refractivity contribution >= 4 is 28.2 Å². The number of nitrogens with zero attached hydrogens (tertiary/aromatic N) is 1. The van der Waals surface area contributed by atoms with Gasteiger partial charge in [0.1, 0.15) is 0 Å². The Labute approximate surface area is 130 Å². The summed E-state index contributed by atoms with van der Waals surface area (Å²) in [5.41, 5.74) is 0.864. The molecule has 2 aromatic carbocycles. The lowest BCUT2D eigenvalue weighted by molar-refractivity contribution is 0.0961. The number of fused-ring (bicyclic) bond motifs is 3. The molecule has 0 aliphatic carbocycles. The number of aromatic nitrogens is 1. The number of carbonyl (C=O) groups excluding carboxylic acids is 1. The predicted octanol–water partition coefficient (Wildman–Crippen LogP) is 3.22. The molecule has 0 fully saturated rings. The summed E-state index contributed by atoms with van der Waals surface area (Å²) in [7, 11) is 0. The van der Waals surface area contributed by atoms with Crippen molar-refractivity contribution in [1.82, 2.24) is 4.57 Å². The van der Waals surface area contributed by atoms with Crippen LogP contribution in [0.4, 0.5) is 0 Å². The SMILES string of the molecule is O=C1COc2c1c1ccccc1c(=O)n2-c1ccc(Cl)cc1. The summed E-state index contributed by atoms with van der Waals surface area (Å²) < 4.78 is 6.93. The number of Topliss-reactive ketones (excluding diaryl/α,β-unsaturated/α-hetero) is 1. The number of rotatable bonds is 1. The fourth-order valence-electron chi connectivity index (χ4n) is 2.76. The largest absolute Gasteiger partial charge is 0.470 e. The molecule has 1 aromatic heterocycles. The molecule has 3 aromatic rings. The average Bonchev–Trinajstić information content (AvgIpc) is 2.91. The van der Waals surface area contributed by atoms with Gasteiger partial charge in [0.2, 0.25) is 11.7 Å². The molecule has 0 unspecified atom stereocenters. The zero-order valence-corrected chi connectivity index (χ0v) is 12.1. The van der Waals surface area contributed by atoms with Crippen molar-refractivity contribution in [2.45, 2.75) is 0 Å². The molecule has 0 bridgehead atoms. The number of ether oxygens (including phenoxy) is 1. The third kappa shape index (κ3) is 1.77. The van der Waals surface area contributed by atoms with Gasteiger partial charge in [-0.3, -0.25) is 9.59 Å². The quantitative estimate of drug-likeness (QED) is 0.693. The lowest BCUT2D eigenvalue weighted by Crippen LogP contribution is -2.20. The first-order valence-electron chi connectivity index (χ1n) is 6.76. The van der Waals surface area contributed by atoms with Gasteiger partial charge in [-0.05, 0) is 30.3 Å². The minimum Gasteiger partial charge on any atom is -0.470 e. The summed E-state index contributed by atoms with van der Waals surface area (Å²) in [6, 6.07) is 13.9. The molecule has 0 N–H and O–H groups in total. The van der Waals surface area contributed by atoms with E-state index < -0.39 is 0 Å². The van der Waals surface area contributed by atoms with Gasteiger partial charge in [-0.1, -0.05) is 29.8 Å². The highest BCUT2D eigenvalue weighted by atomic mass is 35.5. The van der Waals surface area contributed by atoms with E-state index >= 15 is 0 Å². The monoisotopic (exact) mass is 311 g/mol. The summed E-state index contributed by atoms with van der Waals surface area (Å²) >= 11 is 5.90. The molecule has 108 valence electrons. The van der Waals surface area contributed by atoms with E-state index in [-0.39, 0.29) is 17.9 Å². The number of pyridine rings is 1. The Morgan fingerprint density at radius 3 is 2.36 bits per heavy atom. The van der Waals surface area contributed by atoms with Crippen molar-refractivity contribution in [3.63, 3.8) is 0 Å². The maximum atomic E-state index is 12.8. The van der Waals surface area contributed by atoms with Crippen LogP contribution in [0, 0.1) is 0 Å². The van der Waals surface area contributed by atoms with Crippen LogP contribution >= 0.6 is 11.6 Å². The molecule has 1 aliphatic rings. The van der Waals surface area contributed by atoms with Crippen LogP contribution < -0.4 is 10.3 Å². The topological polar surface area (TPSA) is 48.3 Å². The highest BCUT2D eigenvalue weighted by molar-refractivity contribution is 6.30. The van der Waals surface area contributed by atoms with E-state index in [2.05, 4.69) is 0 Å². The average molecular weight is 312 g/mol. The van der Waals surface area contributed by atoms with Crippen molar-refractivity contribution in [2.24, 2.45) is 0 Å². The fraction of sp³-hybridized carbons (Fsp3) is 0.0588. The van der Waals surface area contributed by atoms with Crippen LogP contribution in [0.25, 0.3) is 16.5 Å². The Balaban J connectivity index is 2.16. The highest BCUT2D eigenvalue weighted by Gasteiger charge is 2.29. The molecule has 0 radical (unpaired) electrons. The summed E-state index contributed by atoms with van der Waals surface area (Å²) in [6.45, 7) is -0.0453. The Morgan fingerprint density at radius 2 is 1.64 bits per heavy atom. The summed E-state index contributed by atoms with van der Waals surface area (Å²) in [5.74, 6) is 0.185. The standard InChI is InChI=1S/C17H10ClNO3/c18-10-5-7-11(8-6-10)19-16(21)13-4-2-1-3-12(13)15-14(20)9-22-17(15)19/h1-8H,9H2. The molecule has 0 spiro atoms. The first-order valence-corrected chi connectivity index (χ1v) is 7.14. The van der Waals surface area contributed by atoms with E-state index in [4.69, 9.17) is 16.3 Å². The predicted molar refractivity (Wildman–Crippen MR) is 84.4 cm³/mol. The van der Waals surface area contributed by atoms with Gasteiger partial charge >= 0.3 is 0 Å². The van der Waals surface area contributed by atoms with Crippen LogP contribution in [0.1, 0.15) is 10.4 Å². The molecule has 0 amide bonds. The Bertz CT molecular complexity index is 974. The van der Waals surface area contributed by atoms with Gasteiger partial charge < -0.3 is 4.74 Å². The summed E-state index contributed by atoms with van der Waals surface area (Å²) in [6.07, 6.45) is 0. The first-order chi connectivity index (χ1) is 10.7. The fourth-order valence-corrected chi connectivity index (χ4v) is 2.89. The highest BCUT2D eigenvalue weighted by Crippen LogP contribution is 2.32. The van der Waals surface area contributed by atoms with Crippen LogP contribution in [0.3, 0.4) is 0 Å². The van der Waals surface area contributed by atoms with Gasteiger partial charge in [0.15, 0.2) is 6.61 Å². The molecular formula is C17H10ClNO3. The molecule has 2 heterocycles. The van der Waals surface area contributed by atoms with Crippen molar-refractivity contribution < 1.29 is 9.53 Å². The third-order valence-electron chi connectivity index (χ3n) is 3.75. The molecule has 0 atom stereocenters. The van der Waals surface area contributed by atoms with Crippen LogP contribution in [0.5, 0.6) is 5.88 Å². The van der Waals surface area contributed by atoms with E-state index in [1.54, 1.807) is 48.5 Å². The van der Waals surface area contributed by atoms with E-state index in [1.165, 1.54) is 4.57 Å². The number of carbonyl (C=O) groups is 1. The smallest absolute Gasteiger partial charge is 0.265 e. The van der Waals surface area contributed by atoms with Gasteiger partial charge in [-0.25, -0.2) is 4.57 Å². The van der Waals surface area contributed by atoms with Crippen LogP contribution in [-0.4, -0.2) is 17.0 Å². The Kier molecular flexibility index (Phi) is 2.81.